The summed E-state index contributed by atoms with van der Waals surface area (Å²) in [6, 6.07) is 6.05. The van der Waals surface area contributed by atoms with E-state index in [1.807, 2.05) is 12.1 Å². The number of benzene rings is 1. The lowest BCUT2D eigenvalue weighted by molar-refractivity contribution is 0.457. The Kier molecular flexibility index (Phi) is 2.64. The van der Waals surface area contributed by atoms with Gasteiger partial charge in [-0.15, -0.1) is 0 Å². The predicted molar refractivity (Wildman–Crippen MR) is 75.1 cm³/mol. The second-order valence-corrected chi connectivity index (χ2v) is 6.45. The van der Waals surface area contributed by atoms with Gasteiger partial charge in [-0.05, 0) is 41.4 Å². The highest BCUT2D eigenvalue weighted by molar-refractivity contribution is 5.59. The quantitative estimate of drug-likeness (QED) is 0.780. The topological polar surface area (TPSA) is 38.0 Å². The van der Waals surface area contributed by atoms with Gasteiger partial charge in [0.25, 0.3) is 0 Å². The molecule has 3 N–H and O–H groups in total. The number of anilines is 2. The molecule has 2 nitrogen and oxygen atoms in total. The molecule has 1 aromatic carbocycles. The van der Waals surface area contributed by atoms with E-state index in [1.54, 1.807) is 0 Å². The zero-order valence-corrected chi connectivity index (χ0v) is 11.6. The second kappa shape index (κ2) is 3.66. The Morgan fingerprint density at radius 1 is 1.18 bits per heavy atom. The normalized spacial score (nSPS) is 21.2. The summed E-state index contributed by atoms with van der Waals surface area (Å²) in [6.07, 6.45) is 0. The third-order valence-electron chi connectivity index (χ3n) is 5.08. The van der Waals surface area contributed by atoms with Crippen molar-refractivity contribution in [3.63, 3.8) is 0 Å². The van der Waals surface area contributed by atoms with E-state index in [9.17, 15) is 0 Å². The van der Waals surface area contributed by atoms with E-state index >= 15 is 0 Å². The minimum Gasteiger partial charge on any atom is -0.399 e. The molecule has 1 aliphatic carbocycles. The molecule has 0 spiro atoms. The molecule has 0 atom stereocenters. The summed E-state index contributed by atoms with van der Waals surface area (Å²) in [4.78, 5) is 0. The summed E-state index contributed by atoms with van der Waals surface area (Å²) in [7, 11) is 0. The minimum atomic E-state index is 0.439. The van der Waals surface area contributed by atoms with Gasteiger partial charge in [0.1, 0.15) is 0 Å². The van der Waals surface area contributed by atoms with Crippen molar-refractivity contribution in [2.75, 3.05) is 17.6 Å². The van der Waals surface area contributed by atoms with Crippen LogP contribution in [-0.4, -0.2) is 6.54 Å². The molecule has 0 saturated heterocycles. The molecule has 2 heteroatoms. The van der Waals surface area contributed by atoms with Crippen molar-refractivity contribution in [2.45, 2.75) is 34.6 Å². The first-order valence-corrected chi connectivity index (χ1v) is 6.37. The van der Waals surface area contributed by atoms with E-state index < -0.39 is 0 Å². The van der Waals surface area contributed by atoms with E-state index in [1.165, 1.54) is 11.3 Å². The number of hydrogen-bond donors (Lipinski definition) is 2. The SMILES string of the molecule is Cc1ccc(N)cc1NCC1C(C)(C)C1(C)C. The zero-order valence-electron chi connectivity index (χ0n) is 11.6. The standard InChI is InChI=1S/C15H24N2/c1-10-6-7-11(16)8-12(10)17-9-13-14(2,3)15(13,4)5/h6-8,13,17H,9,16H2,1-5H3. The van der Waals surface area contributed by atoms with Gasteiger partial charge in [0.2, 0.25) is 0 Å². The predicted octanol–water partition coefficient (Wildman–Crippen LogP) is 3.67. The van der Waals surface area contributed by atoms with E-state index in [2.05, 4.69) is 46.0 Å². The molecule has 94 valence electrons. The Morgan fingerprint density at radius 2 is 1.76 bits per heavy atom. The molecular formula is C15H24N2. The van der Waals surface area contributed by atoms with E-state index in [-0.39, 0.29) is 0 Å². The van der Waals surface area contributed by atoms with Crippen LogP contribution in [0.2, 0.25) is 0 Å². The fourth-order valence-corrected chi connectivity index (χ4v) is 2.89. The first-order chi connectivity index (χ1) is 7.76. The van der Waals surface area contributed by atoms with Crippen molar-refractivity contribution in [1.82, 2.24) is 0 Å². The number of rotatable bonds is 3. The Hall–Kier alpha value is -1.18. The van der Waals surface area contributed by atoms with Crippen LogP contribution in [0.1, 0.15) is 33.3 Å². The van der Waals surface area contributed by atoms with Crippen molar-refractivity contribution >= 4 is 11.4 Å². The van der Waals surface area contributed by atoms with Crippen LogP contribution in [0.15, 0.2) is 18.2 Å². The molecule has 0 radical (unpaired) electrons. The van der Waals surface area contributed by atoms with Crippen molar-refractivity contribution in [3.05, 3.63) is 23.8 Å². The minimum absolute atomic E-state index is 0.439. The third-order valence-corrected chi connectivity index (χ3v) is 5.08. The molecule has 1 fully saturated rings. The molecular weight excluding hydrogens is 208 g/mol. The van der Waals surface area contributed by atoms with Crippen LogP contribution in [0.5, 0.6) is 0 Å². The van der Waals surface area contributed by atoms with Crippen LogP contribution in [0.4, 0.5) is 11.4 Å². The van der Waals surface area contributed by atoms with Crippen LogP contribution in [-0.2, 0) is 0 Å². The average Bonchev–Trinajstić information content (AvgIpc) is 2.60. The third kappa shape index (κ3) is 1.90. The molecule has 2 rings (SSSR count). The first kappa shape index (κ1) is 12.3. The first-order valence-electron chi connectivity index (χ1n) is 6.37. The number of nitrogens with one attached hydrogen (secondary N) is 1. The highest BCUT2D eigenvalue weighted by Crippen LogP contribution is 2.68. The van der Waals surface area contributed by atoms with Crippen molar-refractivity contribution in [3.8, 4) is 0 Å². The Balaban J connectivity index is 2.03. The summed E-state index contributed by atoms with van der Waals surface area (Å²) in [5.41, 5.74) is 9.95. The lowest BCUT2D eigenvalue weighted by Crippen LogP contribution is -2.09. The summed E-state index contributed by atoms with van der Waals surface area (Å²) in [6.45, 7) is 12.6. The van der Waals surface area contributed by atoms with Gasteiger partial charge in [-0.3, -0.25) is 0 Å². The van der Waals surface area contributed by atoms with Gasteiger partial charge in [-0.1, -0.05) is 33.8 Å². The molecule has 0 heterocycles. The molecule has 1 saturated carbocycles. The molecule has 0 amide bonds. The molecule has 0 aromatic heterocycles. The van der Waals surface area contributed by atoms with Gasteiger partial charge in [-0.25, -0.2) is 0 Å². The van der Waals surface area contributed by atoms with Crippen LogP contribution in [0, 0.1) is 23.7 Å². The molecule has 0 bridgehead atoms. The van der Waals surface area contributed by atoms with Gasteiger partial charge in [0.15, 0.2) is 0 Å². The molecule has 17 heavy (non-hydrogen) atoms. The molecule has 1 aliphatic rings. The monoisotopic (exact) mass is 232 g/mol. The number of nitrogens with two attached hydrogens (primary N) is 1. The molecule has 1 aromatic rings. The largest absolute Gasteiger partial charge is 0.399 e. The highest BCUT2D eigenvalue weighted by Gasteiger charge is 2.63. The van der Waals surface area contributed by atoms with Crippen LogP contribution < -0.4 is 11.1 Å². The van der Waals surface area contributed by atoms with Crippen molar-refractivity contribution in [2.24, 2.45) is 16.7 Å². The number of aryl methyl sites for hydroxylation is 1. The van der Waals surface area contributed by atoms with Gasteiger partial charge >= 0.3 is 0 Å². The average molecular weight is 232 g/mol. The second-order valence-electron chi connectivity index (χ2n) is 6.45. The van der Waals surface area contributed by atoms with Gasteiger partial charge in [-0.2, -0.15) is 0 Å². The fourth-order valence-electron chi connectivity index (χ4n) is 2.89. The maximum absolute atomic E-state index is 5.82. The number of nitrogen functional groups attached to an aromatic ring is 1. The Labute approximate surface area is 105 Å². The molecule has 0 unspecified atom stereocenters. The summed E-state index contributed by atoms with van der Waals surface area (Å²) >= 11 is 0. The van der Waals surface area contributed by atoms with Crippen molar-refractivity contribution in [1.29, 1.82) is 0 Å². The summed E-state index contributed by atoms with van der Waals surface area (Å²) < 4.78 is 0. The van der Waals surface area contributed by atoms with Crippen molar-refractivity contribution < 1.29 is 0 Å². The van der Waals surface area contributed by atoms with Gasteiger partial charge < -0.3 is 11.1 Å². The zero-order chi connectivity index (χ0) is 12.8. The fraction of sp³-hybridized carbons (Fsp3) is 0.600. The van der Waals surface area contributed by atoms with Gasteiger partial charge in [0, 0.05) is 17.9 Å². The van der Waals surface area contributed by atoms with Crippen LogP contribution in [0.25, 0.3) is 0 Å². The lowest BCUT2D eigenvalue weighted by atomic mass is 10.0. The molecule has 0 aliphatic heterocycles. The summed E-state index contributed by atoms with van der Waals surface area (Å²) in [5, 5.41) is 3.55. The number of hydrogen-bond acceptors (Lipinski definition) is 2. The van der Waals surface area contributed by atoms with Crippen LogP contribution >= 0.6 is 0 Å². The summed E-state index contributed by atoms with van der Waals surface area (Å²) in [5.74, 6) is 0.732. The highest BCUT2D eigenvalue weighted by atomic mass is 14.9. The Morgan fingerprint density at radius 3 is 2.29 bits per heavy atom. The smallest absolute Gasteiger partial charge is 0.0390 e. The maximum Gasteiger partial charge on any atom is 0.0390 e. The van der Waals surface area contributed by atoms with Gasteiger partial charge in [0.05, 0.1) is 0 Å². The Bertz CT molecular complexity index is 419. The van der Waals surface area contributed by atoms with Crippen LogP contribution in [0.3, 0.4) is 0 Å². The maximum atomic E-state index is 5.82. The van der Waals surface area contributed by atoms with E-state index in [4.69, 9.17) is 5.73 Å². The lowest BCUT2D eigenvalue weighted by Gasteiger charge is -2.11. The van der Waals surface area contributed by atoms with E-state index in [0.717, 1.165) is 18.2 Å². The van der Waals surface area contributed by atoms with E-state index in [0.29, 0.717) is 10.8 Å².